The first-order valence-corrected chi connectivity index (χ1v) is 5.68. The lowest BCUT2D eigenvalue weighted by Gasteiger charge is -2.15. The molecule has 1 atom stereocenters. The summed E-state index contributed by atoms with van der Waals surface area (Å²) in [5, 5.41) is 4.41. The summed E-state index contributed by atoms with van der Waals surface area (Å²) in [4.78, 5) is 0. The monoisotopic (exact) mass is 209 g/mol. The van der Waals surface area contributed by atoms with Crippen LogP contribution in [-0.2, 0) is 13.5 Å². The maximum atomic E-state index is 6.04. The lowest BCUT2D eigenvalue weighted by atomic mass is 9.97. The Labute approximate surface area is 92.7 Å². The maximum absolute atomic E-state index is 6.04. The minimum absolute atomic E-state index is 0.295. The number of nitrogens with two attached hydrogens (primary N) is 1. The Morgan fingerprint density at radius 2 is 1.93 bits per heavy atom. The summed E-state index contributed by atoms with van der Waals surface area (Å²) < 4.78 is 1.95. The largest absolute Gasteiger partial charge is 0.327 e. The number of aromatic nitrogens is 2. The van der Waals surface area contributed by atoms with Gasteiger partial charge in [0.2, 0.25) is 0 Å². The Kier molecular flexibility index (Phi) is 3.91. The molecule has 1 unspecified atom stereocenters. The Bertz CT molecular complexity index is 326. The molecule has 1 aromatic heterocycles. The van der Waals surface area contributed by atoms with Crippen LogP contribution in [0.2, 0.25) is 0 Å². The van der Waals surface area contributed by atoms with Gasteiger partial charge in [0.15, 0.2) is 0 Å². The van der Waals surface area contributed by atoms with E-state index in [4.69, 9.17) is 5.73 Å². The minimum atomic E-state index is 0.295. The highest BCUT2D eigenvalue weighted by molar-refractivity contribution is 5.24. The third-order valence-corrected chi connectivity index (χ3v) is 3.24. The fourth-order valence-corrected chi connectivity index (χ4v) is 1.82. The molecule has 0 saturated carbocycles. The summed E-state index contributed by atoms with van der Waals surface area (Å²) in [7, 11) is 1.99. The molecule has 3 heteroatoms. The molecule has 0 spiro atoms. The first kappa shape index (κ1) is 12.2. The molecule has 0 saturated heterocycles. The number of hydrogen-bond acceptors (Lipinski definition) is 2. The summed E-state index contributed by atoms with van der Waals surface area (Å²) in [6, 6.07) is 0.295. The number of hydrogen-bond donors (Lipinski definition) is 1. The topological polar surface area (TPSA) is 43.8 Å². The number of nitrogens with zero attached hydrogens (tertiary/aromatic N) is 2. The Morgan fingerprint density at radius 3 is 2.33 bits per heavy atom. The van der Waals surface area contributed by atoms with Gasteiger partial charge in [-0.1, -0.05) is 13.8 Å². The Balaban J connectivity index is 2.65. The fourth-order valence-electron chi connectivity index (χ4n) is 1.82. The number of aryl methyl sites for hydroxylation is 2. The van der Waals surface area contributed by atoms with Crippen LogP contribution in [0.1, 0.15) is 37.2 Å². The van der Waals surface area contributed by atoms with Crippen molar-refractivity contribution in [3.05, 3.63) is 17.0 Å². The number of rotatable bonds is 4. The molecule has 1 heterocycles. The predicted molar refractivity (Wildman–Crippen MR) is 63.8 cm³/mol. The highest BCUT2D eigenvalue weighted by atomic mass is 15.3. The third kappa shape index (κ3) is 2.81. The van der Waals surface area contributed by atoms with E-state index in [1.54, 1.807) is 0 Å². The van der Waals surface area contributed by atoms with Crippen LogP contribution < -0.4 is 5.73 Å². The first-order chi connectivity index (χ1) is 6.93. The van der Waals surface area contributed by atoms with Crippen LogP contribution >= 0.6 is 0 Å². The van der Waals surface area contributed by atoms with Crippen molar-refractivity contribution in [2.45, 2.75) is 46.6 Å². The highest BCUT2D eigenvalue weighted by Crippen LogP contribution is 2.16. The van der Waals surface area contributed by atoms with E-state index >= 15 is 0 Å². The second-order valence-corrected chi connectivity index (χ2v) is 4.72. The summed E-state index contributed by atoms with van der Waals surface area (Å²) in [5.41, 5.74) is 9.82. The Hall–Kier alpha value is -0.830. The molecule has 0 aromatic carbocycles. The van der Waals surface area contributed by atoms with E-state index in [0.29, 0.717) is 12.0 Å². The Morgan fingerprint density at radius 1 is 1.33 bits per heavy atom. The SMILES string of the molecule is Cc1nn(C)c(C)c1CCC(N)C(C)C. The van der Waals surface area contributed by atoms with Gasteiger partial charge in [-0.2, -0.15) is 5.10 Å². The molecule has 2 N–H and O–H groups in total. The van der Waals surface area contributed by atoms with E-state index in [9.17, 15) is 0 Å². The molecule has 86 valence electrons. The first-order valence-electron chi connectivity index (χ1n) is 5.68. The van der Waals surface area contributed by atoms with Gasteiger partial charge in [-0.25, -0.2) is 0 Å². The normalized spacial score (nSPS) is 13.5. The molecule has 0 aliphatic carbocycles. The molecule has 1 rings (SSSR count). The van der Waals surface area contributed by atoms with Crippen molar-refractivity contribution >= 4 is 0 Å². The van der Waals surface area contributed by atoms with Crippen LogP contribution in [0.3, 0.4) is 0 Å². The average Bonchev–Trinajstić information content (AvgIpc) is 2.38. The molecule has 0 radical (unpaired) electrons. The van der Waals surface area contributed by atoms with Gasteiger partial charge in [-0.05, 0) is 38.2 Å². The van der Waals surface area contributed by atoms with Gasteiger partial charge in [0.25, 0.3) is 0 Å². The molecular formula is C12H23N3. The summed E-state index contributed by atoms with van der Waals surface area (Å²) >= 11 is 0. The van der Waals surface area contributed by atoms with Crippen LogP contribution in [0.4, 0.5) is 0 Å². The van der Waals surface area contributed by atoms with E-state index in [-0.39, 0.29) is 0 Å². The van der Waals surface area contributed by atoms with E-state index in [1.165, 1.54) is 11.3 Å². The van der Waals surface area contributed by atoms with E-state index in [2.05, 4.69) is 32.8 Å². The standard InChI is InChI=1S/C12H23N3/c1-8(2)12(13)7-6-11-9(3)14-15(5)10(11)4/h8,12H,6-7,13H2,1-5H3. The van der Waals surface area contributed by atoms with Gasteiger partial charge < -0.3 is 5.73 Å². The van der Waals surface area contributed by atoms with Gasteiger partial charge in [-0.15, -0.1) is 0 Å². The van der Waals surface area contributed by atoms with Gasteiger partial charge in [-0.3, -0.25) is 4.68 Å². The van der Waals surface area contributed by atoms with Crippen molar-refractivity contribution < 1.29 is 0 Å². The molecule has 15 heavy (non-hydrogen) atoms. The molecule has 3 nitrogen and oxygen atoms in total. The predicted octanol–water partition coefficient (Wildman–Crippen LogP) is 1.95. The molecular weight excluding hydrogens is 186 g/mol. The minimum Gasteiger partial charge on any atom is -0.327 e. The summed E-state index contributed by atoms with van der Waals surface area (Å²) in [6.45, 7) is 8.54. The van der Waals surface area contributed by atoms with Gasteiger partial charge in [0.05, 0.1) is 5.69 Å². The highest BCUT2D eigenvalue weighted by Gasteiger charge is 2.12. The zero-order chi connectivity index (χ0) is 11.6. The fraction of sp³-hybridized carbons (Fsp3) is 0.750. The van der Waals surface area contributed by atoms with Crippen LogP contribution in [0.25, 0.3) is 0 Å². The van der Waals surface area contributed by atoms with Crippen molar-refractivity contribution in [1.82, 2.24) is 9.78 Å². The lowest BCUT2D eigenvalue weighted by molar-refractivity contribution is 0.464. The van der Waals surface area contributed by atoms with Crippen LogP contribution in [0.15, 0.2) is 0 Å². The van der Waals surface area contributed by atoms with Gasteiger partial charge >= 0.3 is 0 Å². The quantitative estimate of drug-likeness (QED) is 0.823. The second kappa shape index (κ2) is 4.79. The molecule has 0 amide bonds. The van der Waals surface area contributed by atoms with E-state index in [0.717, 1.165) is 18.5 Å². The molecule has 1 aromatic rings. The average molecular weight is 209 g/mol. The zero-order valence-corrected chi connectivity index (χ0v) is 10.5. The van der Waals surface area contributed by atoms with E-state index in [1.807, 2.05) is 11.7 Å². The van der Waals surface area contributed by atoms with E-state index < -0.39 is 0 Å². The van der Waals surface area contributed by atoms with Crippen molar-refractivity contribution in [3.8, 4) is 0 Å². The molecule has 0 bridgehead atoms. The molecule has 0 fully saturated rings. The third-order valence-electron chi connectivity index (χ3n) is 3.24. The van der Waals surface area contributed by atoms with Gasteiger partial charge in [0, 0.05) is 18.8 Å². The summed E-state index contributed by atoms with van der Waals surface area (Å²) in [5.74, 6) is 0.558. The lowest BCUT2D eigenvalue weighted by Crippen LogP contribution is -2.26. The molecule has 0 aliphatic rings. The van der Waals surface area contributed by atoms with Crippen molar-refractivity contribution in [2.75, 3.05) is 0 Å². The maximum Gasteiger partial charge on any atom is 0.0628 e. The summed E-state index contributed by atoms with van der Waals surface area (Å²) in [6.07, 6.45) is 2.09. The van der Waals surface area contributed by atoms with Crippen molar-refractivity contribution in [2.24, 2.45) is 18.7 Å². The smallest absolute Gasteiger partial charge is 0.0628 e. The second-order valence-electron chi connectivity index (χ2n) is 4.72. The van der Waals surface area contributed by atoms with Crippen LogP contribution in [0.5, 0.6) is 0 Å². The van der Waals surface area contributed by atoms with Gasteiger partial charge in [0.1, 0.15) is 0 Å². The zero-order valence-electron chi connectivity index (χ0n) is 10.5. The van der Waals surface area contributed by atoms with Crippen molar-refractivity contribution in [1.29, 1.82) is 0 Å². The van der Waals surface area contributed by atoms with Crippen LogP contribution in [-0.4, -0.2) is 15.8 Å². The van der Waals surface area contributed by atoms with Crippen molar-refractivity contribution in [3.63, 3.8) is 0 Å². The molecule has 0 aliphatic heterocycles. The van der Waals surface area contributed by atoms with Crippen LogP contribution in [0, 0.1) is 19.8 Å².